The van der Waals surface area contributed by atoms with Crippen LogP contribution in [-0.2, 0) is 0 Å². The van der Waals surface area contributed by atoms with Crippen LogP contribution in [0.5, 0.6) is 0 Å². The van der Waals surface area contributed by atoms with Crippen LogP contribution in [0.3, 0.4) is 0 Å². The quantitative estimate of drug-likeness (QED) is 0.694. The topological polar surface area (TPSA) is 20.2 Å². The van der Waals surface area contributed by atoms with Crippen LogP contribution >= 0.6 is 0 Å². The Balaban J connectivity index is 0.000000531. The summed E-state index contributed by atoms with van der Waals surface area (Å²) in [6.45, 7) is 6.57. The number of aliphatic hydroxyl groups excluding tert-OH is 1. The van der Waals surface area contributed by atoms with Crippen molar-refractivity contribution in [3.05, 3.63) is 47.0 Å². The first kappa shape index (κ1) is 11.7. The molecule has 1 nitrogen and oxygen atoms in total. The Morgan fingerprint density at radius 3 is 2.13 bits per heavy atom. The van der Waals surface area contributed by atoms with Crippen LogP contribution in [0.15, 0.2) is 30.3 Å². The molecule has 0 unspecified atom stereocenters. The summed E-state index contributed by atoms with van der Waals surface area (Å²) in [5, 5.41) is 9.73. The molecule has 80 valence electrons. The highest BCUT2D eigenvalue weighted by atomic mass is 16.2. The summed E-state index contributed by atoms with van der Waals surface area (Å²) in [7, 11) is 1.00. The smallest absolute Gasteiger partial charge is 0.0319 e. The van der Waals surface area contributed by atoms with E-state index in [2.05, 4.69) is 51.1 Å². The maximum absolute atomic E-state index is 7.00. The zero-order chi connectivity index (χ0) is 11.4. The summed E-state index contributed by atoms with van der Waals surface area (Å²) in [4.78, 5) is 0. The fourth-order valence-corrected chi connectivity index (χ4v) is 1.80. The zero-order valence-corrected chi connectivity index (χ0v) is 9.83. The van der Waals surface area contributed by atoms with Gasteiger partial charge in [0.1, 0.15) is 0 Å². The molecule has 0 fully saturated rings. The fourth-order valence-electron chi connectivity index (χ4n) is 1.80. The van der Waals surface area contributed by atoms with Crippen LogP contribution in [0.25, 0.3) is 10.8 Å². The van der Waals surface area contributed by atoms with E-state index in [1.54, 1.807) is 0 Å². The van der Waals surface area contributed by atoms with Gasteiger partial charge >= 0.3 is 0 Å². The number of hydrogen-bond acceptors (Lipinski definition) is 1. The van der Waals surface area contributed by atoms with E-state index in [9.17, 15) is 0 Å². The standard InChI is InChI=1S/C13H14.CH4O/c1-9-8-12-6-4-5-7-13(12)11(3)10(9)2;1-2/h4-8H,1-3H3;2H,1H3. The molecule has 0 bridgehead atoms. The Morgan fingerprint density at radius 1 is 0.867 bits per heavy atom. The van der Waals surface area contributed by atoms with E-state index in [-0.39, 0.29) is 0 Å². The van der Waals surface area contributed by atoms with Crippen molar-refractivity contribution in [3.63, 3.8) is 0 Å². The highest BCUT2D eigenvalue weighted by Crippen LogP contribution is 2.23. The van der Waals surface area contributed by atoms with Crippen LogP contribution < -0.4 is 0 Å². The highest BCUT2D eigenvalue weighted by Gasteiger charge is 2.01. The van der Waals surface area contributed by atoms with E-state index < -0.39 is 0 Å². The third-order valence-electron chi connectivity index (χ3n) is 2.89. The highest BCUT2D eigenvalue weighted by molar-refractivity contribution is 5.87. The maximum Gasteiger partial charge on any atom is 0.0319 e. The molecule has 0 saturated heterocycles. The molecular weight excluding hydrogens is 184 g/mol. The molecule has 2 aromatic carbocycles. The first-order chi connectivity index (χ1) is 7.20. The third kappa shape index (κ3) is 2.18. The van der Waals surface area contributed by atoms with Crippen molar-refractivity contribution in [1.29, 1.82) is 0 Å². The van der Waals surface area contributed by atoms with E-state index in [1.807, 2.05) is 0 Å². The Labute approximate surface area is 91.4 Å². The third-order valence-corrected chi connectivity index (χ3v) is 2.89. The van der Waals surface area contributed by atoms with Crippen molar-refractivity contribution in [1.82, 2.24) is 0 Å². The maximum atomic E-state index is 7.00. The number of aliphatic hydroxyl groups is 1. The van der Waals surface area contributed by atoms with Crippen LogP contribution in [0.2, 0.25) is 0 Å². The van der Waals surface area contributed by atoms with Crippen LogP contribution in [-0.4, -0.2) is 12.2 Å². The largest absolute Gasteiger partial charge is 0.400 e. The minimum atomic E-state index is 1.00. The molecule has 0 aliphatic heterocycles. The van der Waals surface area contributed by atoms with Crippen LogP contribution in [0.1, 0.15) is 16.7 Å². The minimum absolute atomic E-state index is 1.00. The second-order valence-corrected chi connectivity index (χ2v) is 3.66. The van der Waals surface area contributed by atoms with E-state index in [0.717, 1.165) is 7.11 Å². The fraction of sp³-hybridized carbons (Fsp3) is 0.286. The van der Waals surface area contributed by atoms with Gasteiger partial charge in [-0.05, 0) is 48.2 Å². The van der Waals surface area contributed by atoms with Gasteiger partial charge in [-0.1, -0.05) is 30.3 Å². The minimum Gasteiger partial charge on any atom is -0.400 e. The van der Waals surface area contributed by atoms with Crippen molar-refractivity contribution in [2.45, 2.75) is 20.8 Å². The average molecular weight is 202 g/mol. The molecule has 0 atom stereocenters. The summed E-state index contributed by atoms with van der Waals surface area (Å²) in [5.74, 6) is 0. The Morgan fingerprint density at radius 2 is 1.47 bits per heavy atom. The molecule has 0 saturated carbocycles. The molecule has 0 aliphatic carbocycles. The van der Waals surface area contributed by atoms with Crippen molar-refractivity contribution in [2.24, 2.45) is 0 Å². The number of aryl methyl sites for hydroxylation is 2. The Bertz CT molecular complexity index is 458. The lowest BCUT2D eigenvalue weighted by Gasteiger charge is -2.08. The van der Waals surface area contributed by atoms with E-state index in [1.165, 1.54) is 27.5 Å². The SMILES string of the molecule is CO.Cc1cc2ccccc2c(C)c1C. The second kappa shape index (κ2) is 4.94. The lowest BCUT2D eigenvalue weighted by molar-refractivity contribution is 0.399. The molecule has 0 aromatic heterocycles. The van der Waals surface area contributed by atoms with Gasteiger partial charge in [-0.25, -0.2) is 0 Å². The monoisotopic (exact) mass is 202 g/mol. The van der Waals surface area contributed by atoms with Gasteiger partial charge in [-0.3, -0.25) is 0 Å². The van der Waals surface area contributed by atoms with Crippen LogP contribution in [0.4, 0.5) is 0 Å². The van der Waals surface area contributed by atoms with Gasteiger partial charge < -0.3 is 5.11 Å². The molecule has 0 spiro atoms. The number of hydrogen-bond donors (Lipinski definition) is 1. The van der Waals surface area contributed by atoms with Gasteiger partial charge in [0.25, 0.3) is 0 Å². The molecule has 2 rings (SSSR count). The average Bonchev–Trinajstić information content (AvgIpc) is 2.29. The summed E-state index contributed by atoms with van der Waals surface area (Å²) in [6, 6.07) is 10.8. The van der Waals surface area contributed by atoms with E-state index in [0.29, 0.717) is 0 Å². The van der Waals surface area contributed by atoms with Gasteiger partial charge in [0.15, 0.2) is 0 Å². The molecular formula is C14H18O. The van der Waals surface area contributed by atoms with Gasteiger partial charge in [0.05, 0.1) is 0 Å². The molecule has 1 N–H and O–H groups in total. The molecule has 0 amide bonds. The van der Waals surface area contributed by atoms with Crippen molar-refractivity contribution >= 4 is 10.8 Å². The van der Waals surface area contributed by atoms with Crippen molar-refractivity contribution < 1.29 is 5.11 Å². The summed E-state index contributed by atoms with van der Waals surface area (Å²) in [5.41, 5.74) is 4.21. The summed E-state index contributed by atoms with van der Waals surface area (Å²) >= 11 is 0. The Hall–Kier alpha value is -1.34. The van der Waals surface area contributed by atoms with Gasteiger partial charge in [-0.15, -0.1) is 0 Å². The van der Waals surface area contributed by atoms with Gasteiger partial charge in [0.2, 0.25) is 0 Å². The molecule has 0 radical (unpaired) electrons. The van der Waals surface area contributed by atoms with Crippen LogP contribution in [0, 0.1) is 20.8 Å². The second-order valence-electron chi connectivity index (χ2n) is 3.66. The molecule has 2 aromatic rings. The number of rotatable bonds is 0. The predicted molar refractivity (Wildman–Crippen MR) is 66.3 cm³/mol. The number of fused-ring (bicyclic) bond motifs is 1. The number of benzene rings is 2. The Kier molecular flexibility index (Phi) is 3.87. The van der Waals surface area contributed by atoms with Gasteiger partial charge in [0, 0.05) is 7.11 Å². The first-order valence-electron chi connectivity index (χ1n) is 5.10. The normalized spacial score (nSPS) is 9.67. The molecule has 1 heteroatoms. The molecule has 15 heavy (non-hydrogen) atoms. The zero-order valence-electron chi connectivity index (χ0n) is 9.83. The van der Waals surface area contributed by atoms with Gasteiger partial charge in [-0.2, -0.15) is 0 Å². The summed E-state index contributed by atoms with van der Waals surface area (Å²) < 4.78 is 0. The van der Waals surface area contributed by atoms with E-state index in [4.69, 9.17) is 5.11 Å². The predicted octanol–water partition coefficient (Wildman–Crippen LogP) is 3.37. The molecule has 0 heterocycles. The van der Waals surface area contributed by atoms with Crippen molar-refractivity contribution in [3.8, 4) is 0 Å². The van der Waals surface area contributed by atoms with Crippen molar-refractivity contribution in [2.75, 3.05) is 7.11 Å². The first-order valence-corrected chi connectivity index (χ1v) is 5.10. The lowest BCUT2D eigenvalue weighted by atomic mass is 9.97. The molecule has 0 aliphatic rings. The van der Waals surface area contributed by atoms with E-state index >= 15 is 0 Å². The lowest BCUT2D eigenvalue weighted by Crippen LogP contribution is -1.87. The summed E-state index contributed by atoms with van der Waals surface area (Å²) in [6.07, 6.45) is 0.